The third kappa shape index (κ3) is 5.79. The van der Waals surface area contributed by atoms with E-state index in [1.165, 1.54) is 6.08 Å². The predicted molar refractivity (Wildman–Crippen MR) is 89.3 cm³/mol. The van der Waals surface area contributed by atoms with Gasteiger partial charge in [0.15, 0.2) is 0 Å². The van der Waals surface area contributed by atoms with Gasteiger partial charge in [-0.3, -0.25) is 4.79 Å². The Morgan fingerprint density at radius 1 is 1.04 bits per heavy atom. The summed E-state index contributed by atoms with van der Waals surface area (Å²) in [6.07, 6.45) is 3.09. The number of esters is 1. The van der Waals surface area contributed by atoms with Crippen LogP contribution in [0.15, 0.2) is 66.7 Å². The van der Waals surface area contributed by atoms with E-state index in [1.54, 1.807) is 13.0 Å². The van der Waals surface area contributed by atoms with Crippen molar-refractivity contribution in [3.05, 3.63) is 77.9 Å². The number of carbonyl (C=O) groups excluding carboxylic acids is 2. The van der Waals surface area contributed by atoms with Crippen LogP contribution in [0.1, 0.15) is 18.1 Å². The van der Waals surface area contributed by atoms with Gasteiger partial charge < -0.3 is 10.1 Å². The highest BCUT2D eigenvalue weighted by atomic mass is 16.5. The summed E-state index contributed by atoms with van der Waals surface area (Å²) in [4.78, 5) is 23.7. The second-order valence-corrected chi connectivity index (χ2v) is 5.07. The molecule has 1 N–H and O–H groups in total. The minimum atomic E-state index is -0.702. The highest BCUT2D eigenvalue weighted by Gasteiger charge is 2.15. The average molecular weight is 309 g/mol. The second kappa shape index (κ2) is 8.54. The van der Waals surface area contributed by atoms with E-state index in [-0.39, 0.29) is 12.5 Å². The Morgan fingerprint density at radius 3 is 2.30 bits per heavy atom. The van der Waals surface area contributed by atoms with Crippen LogP contribution in [0.4, 0.5) is 0 Å². The van der Waals surface area contributed by atoms with Crippen molar-refractivity contribution in [2.75, 3.05) is 0 Å². The van der Waals surface area contributed by atoms with Crippen molar-refractivity contribution < 1.29 is 14.3 Å². The number of benzene rings is 2. The van der Waals surface area contributed by atoms with E-state index in [2.05, 4.69) is 5.32 Å². The van der Waals surface area contributed by atoms with Crippen molar-refractivity contribution in [1.29, 1.82) is 0 Å². The minimum Gasteiger partial charge on any atom is -0.459 e. The zero-order chi connectivity index (χ0) is 16.5. The quantitative estimate of drug-likeness (QED) is 0.659. The average Bonchev–Trinajstić information content (AvgIpc) is 2.59. The molecule has 0 aliphatic heterocycles. The van der Waals surface area contributed by atoms with E-state index in [4.69, 9.17) is 4.74 Å². The Kier molecular flexibility index (Phi) is 6.12. The molecule has 0 aliphatic rings. The van der Waals surface area contributed by atoms with E-state index in [1.807, 2.05) is 60.7 Å². The molecular formula is C19H19NO3. The van der Waals surface area contributed by atoms with Crippen molar-refractivity contribution in [2.45, 2.75) is 19.6 Å². The number of rotatable bonds is 6. The number of ether oxygens (including phenoxy) is 1. The number of nitrogens with one attached hydrogen (secondary N) is 1. The Morgan fingerprint density at radius 2 is 1.65 bits per heavy atom. The Bertz CT molecular complexity index is 666. The van der Waals surface area contributed by atoms with Gasteiger partial charge in [-0.1, -0.05) is 60.7 Å². The third-order valence-electron chi connectivity index (χ3n) is 3.16. The van der Waals surface area contributed by atoms with Crippen molar-refractivity contribution in [3.8, 4) is 0 Å². The maximum absolute atomic E-state index is 11.9. The zero-order valence-corrected chi connectivity index (χ0v) is 12.9. The molecule has 0 spiro atoms. The first kappa shape index (κ1) is 16.5. The summed E-state index contributed by atoms with van der Waals surface area (Å²) >= 11 is 0. The monoisotopic (exact) mass is 309 g/mol. The third-order valence-corrected chi connectivity index (χ3v) is 3.16. The van der Waals surface area contributed by atoms with Crippen molar-refractivity contribution in [1.82, 2.24) is 5.32 Å². The van der Waals surface area contributed by atoms with Gasteiger partial charge in [0, 0.05) is 6.08 Å². The molecule has 2 aromatic carbocycles. The fraction of sp³-hybridized carbons (Fsp3) is 0.158. The normalized spacial score (nSPS) is 11.9. The summed E-state index contributed by atoms with van der Waals surface area (Å²) in [5, 5.41) is 2.59. The van der Waals surface area contributed by atoms with Crippen LogP contribution in [0.25, 0.3) is 6.08 Å². The highest BCUT2D eigenvalue weighted by Crippen LogP contribution is 2.03. The van der Waals surface area contributed by atoms with Crippen LogP contribution in [0, 0.1) is 0 Å². The molecule has 0 saturated carbocycles. The largest absolute Gasteiger partial charge is 0.459 e. The molecule has 0 heterocycles. The lowest BCUT2D eigenvalue weighted by Crippen LogP contribution is -2.38. The first-order valence-electron chi connectivity index (χ1n) is 7.39. The van der Waals surface area contributed by atoms with Gasteiger partial charge in [0.25, 0.3) is 0 Å². The van der Waals surface area contributed by atoms with Crippen LogP contribution >= 0.6 is 0 Å². The molecule has 0 radical (unpaired) electrons. The smallest absolute Gasteiger partial charge is 0.328 e. The number of carbonyl (C=O) groups is 2. The van der Waals surface area contributed by atoms with Crippen LogP contribution in [0.2, 0.25) is 0 Å². The van der Waals surface area contributed by atoms with E-state index in [0.717, 1.165) is 11.1 Å². The van der Waals surface area contributed by atoms with Gasteiger partial charge in [0.2, 0.25) is 5.91 Å². The van der Waals surface area contributed by atoms with Crippen LogP contribution in [-0.2, 0) is 20.9 Å². The van der Waals surface area contributed by atoms with Gasteiger partial charge in [0.05, 0.1) is 0 Å². The SMILES string of the molecule is CC(NC(=O)/C=C/c1ccccc1)C(=O)OCc1ccccc1. The Balaban J connectivity index is 1.78. The van der Waals surface area contributed by atoms with Crippen LogP contribution in [0.5, 0.6) is 0 Å². The van der Waals surface area contributed by atoms with Crippen molar-refractivity contribution in [3.63, 3.8) is 0 Å². The number of amides is 1. The summed E-state index contributed by atoms with van der Waals surface area (Å²) in [6, 6.07) is 18.2. The molecule has 1 unspecified atom stereocenters. The van der Waals surface area contributed by atoms with E-state index < -0.39 is 12.0 Å². The molecule has 23 heavy (non-hydrogen) atoms. The summed E-state index contributed by atoms with van der Waals surface area (Å²) in [7, 11) is 0. The van der Waals surface area contributed by atoms with Gasteiger partial charge in [-0.2, -0.15) is 0 Å². The molecular weight excluding hydrogens is 290 g/mol. The first-order valence-corrected chi connectivity index (χ1v) is 7.39. The molecule has 4 nitrogen and oxygen atoms in total. The molecule has 2 aromatic rings. The minimum absolute atomic E-state index is 0.194. The van der Waals surface area contributed by atoms with E-state index in [0.29, 0.717) is 0 Å². The van der Waals surface area contributed by atoms with E-state index in [9.17, 15) is 9.59 Å². The highest BCUT2D eigenvalue weighted by molar-refractivity contribution is 5.94. The molecule has 0 aromatic heterocycles. The predicted octanol–water partition coefficient (Wildman–Crippen LogP) is 2.95. The maximum Gasteiger partial charge on any atom is 0.328 e. The van der Waals surface area contributed by atoms with Crippen LogP contribution < -0.4 is 5.32 Å². The maximum atomic E-state index is 11.9. The number of hydrogen-bond acceptors (Lipinski definition) is 3. The van der Waals surface area contributed by atoms with Crippen molar-refractivity contribution >= 4 is 18.0 Å². The van der Waals surface area contributed by atoms with Gasteiger partial charge in [-0.25, -0.2) is 4.79 Å². The molecule has 0 fully saturated rings. The fourth-order valence-electron chi connectivity index (χ4n) is 1.91. The summed E-state index contributed by atoms with van der Waals surface area (Å²) in [5.41, 5.74) is 1.82. The molecule has 4 heteroatoms. The fourth-order valence-corrected chi connectivity index (χ4v) is 1.91. The molecule has 1 amide bonds. The lowest BCUT2D eigenvalue weighted by Gasteiger charge is -2.12. The summed E-state index contributed by atoms with van der Waals surface area (Å²) in [6.45, 7) is 1.79. The molecule has 2 rings (SSSR count). The molecule has 0 aliphatic carbocycles. The topological polar surface area (TPSA) is 55.4 Å². The van der Waals surface area contributed by atoms with E-state index >= 15 is 0 Å². The van der Waals surface area contributed by atoms with Gasteiger partial charge in [0.1, 0.15) is 12.6 Å². The van der Waals surface area contributed by atoms with Gasteiger partial charge in [-0.05, 0) is 24.1 Å². The summed E-state index contributed by atoms with van der Waals surface area (Å²) in [5.74, 6) is -0.798. The summed E-state index contributed by atoms with van der Waals surface area (Å²) < 4.78 is 5.18. The van der Waals surface area contributed by atoms with Crippen molar-refractivity contribution in [2.24, 2.45) is 0 Å². The standard InChI is InChI=1S/C19H19NO3/c1-15(19(22)23-14-17-10-6-3-7-11-17)20-18(21)13-12-16-8-4-2-5-9-16/h2-13,15H,14H2,1H3,(H,20,21)/b13-12+. The molecule has 1 atom stereocenters. The zero-order valence-electron chi connectivity index (χ0n) is 12.9. The Labute approximate surface area is 135 Å². The van der Waals surface area contributed by atoms with Gasteiger partial charge >= 0.3 is 5.97 Å². The van der Waals surface area contributed by atoms with Crippen LogP contribution in [-0.4, -0.2) is 17.9 Å². The van der Waals surface area contributed by atoms with Crippen LogP contribution in [0.3, 0.4) is 0 Å². The molecule has 0 saturated heterocycles. The Hall–Kier alpha value is -2.88. The van der Waals surface area contributed by atoms with Gasteiger partial charge in [-0.15, -0.1) is 0 Å². The lowest BCUT2D eigenvalue weighted by atomic mass is 10.2. The lowest BCUT2D eigenvalue weighted by molar-refractivity contribution is -0.148. The molecule has 0 bridgehead atoms. The number of hydrogen-bond donors (Lipinski definition) is 1. The second-order valence-electron chi connectivity index (χ2n) is 5.07. The first-order chi connectivity index (χ1) is 11.1. The molecule has 118 valence electrons.